The Morgan fingerprint density at radius 3 is 2.40 bits per heavy atom. The van der Waals surface area contributed by atoms with Gasteiger partial charge in [0.05, 0.1) is 0 Å². The molecule has 20 heavy (non-hydrogen) atoms. The van der Waals surface area contributed by atoms with E-state index in [2.05, 4.69) is 55.0 Å². The van der Waals surface area contributed by atoms with Crippen molar-refractivity contribution < 1.29 is 0 Å². The second-order valence-electron chi connectivity index (χ2n) is 5.01. The molecule has 1 rings (SSSR count). The van der Waals surface area contributed by atoms with Crippen molar-refractivity contribution in [3.63, 3.8) is 0 Å². The Balaban J connectivity index is 2.25. The van der Waals surface area contributed by atoms with Crippen LogP contribution in [-0.4, -0.2) is 23.7 Å². The lowest BCUT2D eigenvalue weighted by Gasteiger charge is -2.11. The van der Waals surface area contributed by atoms with Crippen molar-refractivity contribution in [1.29, 1.82) is 0 Å². The van der Waals surface area contributed by atoms with E-state index in [0.29, 0.717) is 5.92 Å². The van der Waals surface area contributed by atoms with Gasteiger partial charge in [-0.3, -0.25) is 0 Å². The second-order valence-corrected chi connectivity index (χ2v) is 8.11. The summed E-state index contributed by atoms with van der Waals surface area (Å²) < 4.78 is 0. The smallest absolute Gasteiger partial charge is 0.166 e. The lowest BCUT2D eigenvalue weighted by molar-refractivity contribution is 0.647. The quantitative estimate of drug-likeness (QED) is 0.429. The molecule has 2 N–H and O–H groups in total. The van der Waals surface area contributed by atoms with Crippen molar-refractivity contribution in [3.8, 4) is 0 Å². The molecule has 0 fully saturated rings. The number of benzene rings is 1. The van der Waals surface area contributed by atoms with Gasteiger partial charge in [-0.2, -0.15) is 0 Å². The molecule has 0 bridgehead atoms. The molecular formula is C15H24N2S3. The molecule has 0 amide bonds. The topological polar surface area (TPSA) is 24.1 Å². The number of rotatable bonds is 8. The first-order valence-electron chi connectivity index (χ1n) is 6.87. The minimum atomic E-state index is 0.704. The predicted octanol–water partition coefficient (Wildman–Crippen LogP) is 3.86. The third kappa shape index (κ3) is 8.02. The van der Waals surface area contributed by atoms with E-state index in [0.717, 1.165) is 30.4 Å². The second kappa shape index (κ2) is 10.4. The summed E-state index contributed by atoms with van der Waals surface area (Å²) in [5.41, 5.74) is 2.67. The van der Waals surface area contributed by atoms with Crippen LogP contribution in [0.25, 0.3) is 0 Å². The Bertz CT molecular complexity index is 391. The first kappa shape index (κ1) is 17.7. The summed E-state index contributed by atoms with van der Waals surface area (Å²) in [5.74, 6) is 1.77. The van der Waals surface area contributed by atoms with Crippen molar-refractivity contribution in [1.82, 2.24) is 10.6 Å². The fraction of sp³-hybridized carbons (Fsp3) is 0.533. The number of hydrogen-bond acceptors (Lipinski definition) is 3. The molecule has 1 aromatic rings. The Morgan fingerprint density at radius 1 is 1.15 bits per heavy atom. The average Bonchev–Trinajstić information content (AvgIpc) is 2.42. The van der Waals surface area contributed by atoms with Crippen molar-refractivity contribution in [2.45, 2.75) is 26.8 Å². The molecule has 112 valence electrons. The van der Waals surface area contributed by atoms with Gasteiger partial charge in [0.2, 0.25) is 0 Å². The molecule has 0 aliphatic heterocycles. The fourth-order valence-electron chi connectivity index (χ4n) is 1.80. The van der Waals surface area contributed by atoms with Crippen LogP contribution in [0.15, 0.2) is 24.3 Å². The molecule has 1 aromatic carbocycles. The highest BCUT2D eigenvalue weighted by atomic mass is 33.1. The number of hydrogen-bond donors (Lipinski definition) is 2. The van der Waals surface area contributed by atoms with E-state index in [-0.39, 0.29) is 0 Å². The molecule has 0 saturated carbocycles. The van der Waals surface area contributed by atoms with Crippen LogP contribution in [0.5, 0.6) is 0 Å². The summed E-state index contributed by atoms with van der Waals surface area (Å²) in [4.78, 5) is 0. The zero-order valence-corrected chi connectivity index (χ0v) is 14.9. The molecule has 2 nitrogen and oxygen atoms in total. The van der Waals surface area contributed by atoms with Crippen molar-refractivity contribution in [2.75, 3.05) is 18.6 Å². The predicted molar refractivity (Wildman–Crippen MR) is 98.4 cm³/mol. The van der Waals surface area contributed by atoms with E-state index in [1.807, 2.05) is 10.8 Å². The van der Waals surface area contributed by atoms with Crippen molar-refractivity contribution in [2.24, 2.45) is 5.92 Å². The maximum atomic E-state index is 5.25. The lowest BCUT2D eigenvalue weighted by Crippen LogP contribution is -2.35. The van der Waals surface area contributed by atoms with Gasteiger partial charge < -0.3 is 10.6 Å². The van der Waals surface area contributed by atoms with Crippen LogP contribution in [0.3, 0.4) is 0 Å². The van der Waals surface area contributed by atoms with E-state index in [1.54, 1.807) is 10.8 Å². The molecule has 0 aliphatic carbocycles. The van der Waals surface area contributed by atoms with Gasteiger partial charge in [0.25, 0.3) is 0 Å². The fourth-order valence-corrected chi connectivity index (χ4v) is 3.08. The molecule has 0 atom stereocenters. The Hall–Kier alpha value is -0.390. The molecule has 0 saturated heterocycles. The zero-order chi connectivity index (χ0) is 14.8. The zero-order valence-electron chi connectivity index (χ0n) is 12.4. The number of thiocarbonyl (C=S) groups is 1. The van der Waals surface area contributed by atoms with E-state index in [1.165, 1.54) is 11.1 Å². The van der Waals surface area contributed by atoms with E-state index in [4.69, 9.17) is 12.2 Å². The maximum Gasteiger partial charge on any atom is 0.166 e. The van der Waals surface area contributed by atoms with Gasteiger partial charge >= 0.3 is 0 Å². The van der Waals surface area contributed by atoms with E-state index in [9.17, 15) is 0 Å². The summed E-state index contributed by atoms with van der Waals surface area (Å²) >= 11 is 5.25. The summed E-state index contributed by atoms with van der Waals surface area (Å²) in [6.45, 7) is 6.18. The highest BCUT2D eigenvalue weighted by molar-refractivity contribution is 8.76. The Labute approximate surface area is 136 Å². The molecule has 0 radical (unpaired) electrons. The Kier molecular flexibility index (Phi) is 9.14. The molecule has 0 aliphatic rings. The van der Waals surface area contributed by atoms with Gasteiger partial charge in [-0.05, 0) is 41.9 Å². The highest BCUT2D eigenvalue weighted by Gasteiger charge is 1.99. The summed E-state index contributed by atoms with van der Waals surface area (Å²) in [5, 5.41) is 7.19. The van der Waals surface area contributed by atoms with E-state index < -0.39 is 0 Å². The van der Waals surface area contributed by atoms with Crippen LogP contribution >= 0.6 is 33.8 Å². The highest BCUT2D eigenvalue weighted by Crippen LogP contribution is 2.14. The van der Waals surface area contributed by atoms with Gasteiger partial charge in [-0.15, -0.1) is 0 Å². The van der Waals surface area contributed by atoms with Gasteiger partial charge in [0.15, 0.2) is 5.11 Å². The SMILES string of the molecule is CSSCCNC(=S)NCc1ccc(CC(C)C)cc1. The van der Waals surface area contributed by atoms with Crippen LogP contribution in [0.2, 0.25) is 0 Å². The van der Waals surface area contributed by atoms with Gasteiger partial charge in [-0.25, -0.2) is 0 Å². The summed E-state index contributed by atoms with van der Waals surface area (Å²) in [6.07, 6.45) is 3.23. The van der Waals surface area contributed by atoms with Crippen molar-refractivity contribution >= 4 is 38.9 Å². The molecular weight excluding hydrogens is 304 g/mol. The molecule has 0 spiro atoms. The summed E-state index contributed by atoms with van der Waals surface area (Å²) in [6, 6.07) is 8.78. The van der Waals surface area contributed by atoms with Gasteiger partial charge in [-0.1, -0.05) is 59.7 Å². The van der Waals surface area contributed by atoms with Gasteiger partial charge in [0, 0.05) is 18.8 Å². The lowest BCUT2D eigenvalue weighted by atomic mass is 10.0. The first-order valence-corrected chi connectivity index (χ1v) is 10.0. The van der Waals surface area contributed by atoms with Crippen LogP contribution in [0.1, 0.15) is 25.0 Å². The third-order valence-electron chi connectivity index (χ3n) is 2.71. The maximum absolute atomic E-state index is 5.25. The van der Waals surface area contributed by atoms with Gasteiger partial charge in [0.1, 0.15) is 0 Å². The molecule has 0 heterocycles. The summed E-state index contributed by atoms with van der Waals surface area (Å²) in [7, 11) is 3.62. The minimum Gasteiger partial charge on any atom is -0.362 e. The van der Waals surface area contributed by atoms with Crippen LogP contribution in [0.4, 0.5) is 0 Å². The normalized spacial score (nSPS) is 10.6. The van der Waals surface area contributed by atoms with Crippen molar-refractivity contribution in [3.05, 3.63) is 35.4 Å². The van der Waals surface area contributed by atoms with Crippen LogP contribution < -0.4 is 10.6 Å². The van der Waals surface area contributed by atoms with Crippen LogP contribution in [0, 0.1) is 5.92 Å². The minimum absolute atomic E-state index is 0.704. The molecule has 5 heteroatoms. The first-order chi connectivity index (χ1) is 9.61. The average molecular weight is 329 g/mol. The number of nitrogens with one attached hydrogen (secondary N) is 2. The Morgan fingerprint density at radius 2 is 1.80 bits per heavy atom. The standard InChI is InChI=1S/C15H24N2S3/c1-12(2)10-13-4-6-14(7-5-13)11-17-15(18)16-8-9-20-19-3/h4-7,12H,8-11H2,1-3H3,(H2,16,17,18). The van der Waals surface area contributed by atoms with Crippen LogP contribution in [-0.2, 0) is 13.0 Å². The molecule has 0 unspecified atom stereocenters. The monoisotopic (exact) mass is 328 g/mol. The largest absolute Gasteiger partial charge is 0.362 e. The third-order valence-corrected chi connectivity index (χ3v) is 4.81. The van der Waals surface area contributed by atoms with E-state index >= 15 is 0 Å². The molecule has 0 aromatic heterocycles.